The van der Waals surface area contributed by atoms with Crippen molar-refractivity contribution in [3.63, 3.8) is 0 Å². The van der Waals surface area contributed by atoms with Gasteiger partial charge < -0.3 is 20.0 Å². The molecule has 0 radical (unpaired) electrons. The van der Waals surface area contributed by atoms with E-state index in [1.54, 1.807) is 12.1 Å². The molecule has 7 nitrogen and oxygen atoms in total. The zero-order valence-electron chi connectivity index (χ0n) is 16.4. The maximum Gasteiger partial charge on any atom is 0.409 e. The lowest BCUT2D eigenvalue weighted by atomic mass is 9.78. The molecule has 29 heavy (non-hydrogen) atoms. The number of nitrogens with one attached hydrogen (secondary N) is 1. The van der Waals surface area contributed by atoms with E-state index in [-0.39, 0.29) is 23.5 Å². The number of amides is 2. The van der Waals surface area contributed by atoms with Gasteiger partial charge in [-0.25, -0.2) is 4.79 Å². The first-order valence-electron chi connectivity index (χ1n) is 10.4. The molecule has 2 heterocycles. The third-order valence-corrected chi connectivity index (χ3v) is 7.07. The van der Waals surface area contributed by atoms with Crippen LogP contribution in [0.2, 0.25) is 5.02 Å². The number of aliphatic hydroxyl groups is 1. The summed E-state index contributed by atoms with van der Waals surface area (Å²) < 4.78 is 0. The molecule has 8 heteroatoms. The van der Waals surface area contributed by atoms with Gasteiger partial charge in [0.1, 0.15) is 0 Å². The number of hydrogen-bond donors (Lipinski definition) is 3. The highest BCUT2D eigenvalue weighted by Crippen LogP contribution is 2.44. The van der Waals surface area contributed by atoms with E-state index in [0.29, 0.717) is 17.3 Å². The highest BCUT2D eigenvalue weighted by atomic mass is 35.5. The van der Waals surface area contributed by atoms with Gasteiger partial charge in [0.05, 0.1) is 22.2 Å². The molecule has 158 valence electrons. The van der Waals surface area contributed by atoms with Crippen molar-refractivity contribution < 1.29 is 19.8 Å². The molecule has 0 bridgehead atoms. The van der Waals surface area contributed by atoms with Crippen LogP contribution in [-0.2, 0) is 4.79 Å². The summed E-state index contributed by atoms with van der Waals surface area (Å²) in [5, 5.41) is 21.4. The molecule has 0 aromatic heterocycles. The molecule has 1 spiro atoms. The van der Waals surface area contributed by atoms with Crippen molar-refractivity contribution in [2.45, 2.75) is 57.1 Å². The molecule has 1 aromatic carbocycles. The van der Waals surface area contributed by atoms with Gasteiger partial charge >= 0.3 is 6.09 Å². The predicted octanol–water partition coefficient (Wildman–Crippen LogP) is 3.55. The van der Waals surface area contributed by atoms with E-state index in [1.807, 2.05) is 6.07 Å². The highest BCUT2D eigenvalue weighted by molar-refractivity contribution is 6.33. The molecule has 0 unspecified atom stereocenters. The topological polar surface area (TPSA) is 93.1 Å². The molecule has 3 fully saturated rings. The number of anilines is 2. The van der Waals surface area contributed by atoms with E-state index in [4.69, 9.17) is 16.7 Å². The average molecular weight is 422 g/mol. The number of hydrogen-bond acceptors (Lipinski definition) is 4. The Bertz CT molecular complexity index is 796. The third-order valence-electron chi connectivity index (χ3n) is 6.77. The second-order valence-corrected chi connectivity index (χ2v) is 9.02. The van der Waals surface area contributed by atoms with Crippen molar-refractivity contribution in [2.24, 2.45) is 5.41 Å². The van der Waals surface area contributed by atoms with Gasteiger partial charge in [-0.15, -0.1) is 0 Å². The summed E-state index contributed by atoms with van der Waals surface area (Å²) in [4.78, 5) is 28.5. The maximum atomic E-state index is 13.4. The van der Waals surface area contributed by atoms with E-state index in [9.17, 15) is 14.7 Å². The highest BCUT2D eigenvalue weighted by Gasteiger charge is 2.50. The van der Waals surface area contributed by atoms with Crippen LogP contribution in [0.5, 0.6) is 0 Å². The summed E-state index contributed by atoms with van der Waals surface area (Å²) in [6.45, 7) is 2.27. The van der Waals surface area contributed by atoms with Gasteiger partial charge in [0, 0.05) is 31.4 Å². The van der Waals surface area contributed by atoms with Crippen LogP contribution in [0.15, 0.2) is 18.2 Å². The predicted molar refractivity (Wildman–Crippen MR) is 112 cm³/mol. The number of halogens is 1. The van der Waals surface area contributed by atoms with Crippen molar-refractivity contribution >= 4 is 35.0 Å². The van der Waals surface area contributed by atoms with E-state index < -0.39 is 6.09 Å². The molecular weight excluding hydrogens is 394 g/mol. The van der Waals surface area contributed by atoms with Gasteiger partial charge in [0.15, 0.2) is 0 Å². The van der Waals surface area contributed by atoms with Gasteiger partial charge in [-0.2, -0.15) is 0 Å². The second kappa shape index (κ2) is 8.03. The quantitative estimate of drug-likeness (QED) is 0.694. The van der Waals surface area contributed by atoms with E-state index >= 15 is 0 Å². The first-order valence-corrected chi connectivity index (χ1v) is 10.8. The lowest BCUT2D eigenvalue weighted by Gasteiger charge is -2.41. The normalized spacial score (nSPS) is 30.1. The largest absolute Gasteiger partial charge is 0.465 e. The van der Waals surface area contributed by atoms with Crippen LogP contribution >= 0.6 is 11.6 Å². The molecule has 1 aromatic rings. The van der Waals surface area contributed by atoms with Crippen molar-refractivity contribution in [3.8, 4) is 0 Å². The zero-order valence-corrected chi connectivity index (χ0v) is 17.2. The number of benzene rings is 1. The molecule has 2 amide bonds. The molecule has 1 saturated carbocycles. The Morgan fingerprint density at radius 1 is 1.17 bits per heavy atom. The van der Waals surface area contributed by atoms with Crippen molar-refractivity contribution in [1.82, 2.24) is 4.90 Å². The molecule has 1 aliphatic carbocycles. The molecule has 2 aliphatic heterocycles. The fraction of sp³-hybridized carbons (Fsp3) is 0.619. The van der Waals surface area contributed by atoms with Gasteiger partial charge in [0.25, 0.3) is 0 Å². The van der Waals surface area contributed by atoms with Crippen LogP contribution in [0.1, 0.15) is 44.9 Å². The number of carboxylic acid groups (broad SMARTS) is 1. The standard InChI is InChI=1S/C21H28ClN3O4/c22-17-12-14(23-20(28)29)2-7-18(17)24-10-1-8-21(13-24)9-11-25(19(21)27)15-3-5-16(26)6-4-15/h2,7,12,15-16,23,26H,1,3-6,8-11,13H2,(H,28,29)/t15?,16?,21-/m1/s1. The molecule has 3 aliphatic rings. The van der Waals surface area contributed by atoms with Crippen molar-refractivity contribution in [1.29, 1.82) is 0 Å². The van der Waals surface area contributed by atoms with E-state index in [2.05, 4.69) is 15.1 Å². The molecular formula is C21H28ClN3O4. The fourth-order valence-electron chi connectivity index (χ4n) is 5.25. The number of likely N-dealkylation sites (tertiary alicyclic amines) is 1. The van der Waals surface area contributed by atoms with Gasteiger partial charge in [0.2, 0.25) is 5.91 Å². The molecule has 4 rings (SSSR count). The molecule has 2 saturated heterocycles. The monoisotopic (exact) mass is 421 g/mol. The molecule has 1 atom stereocenters. The van der Waals surface area contributed by atoms with Gasteiger partial charge in [-0.3, -0.25) is 10.1 Å². The van der Waals surface area contributed by atoms with Crippen LogP contribution in [0.4, 0.5) is 16.2 Å². The number of piperidine rings is 1. The van der Waals surface area contributed by atoms with E-state index in [0.717, 1.165) is 63.7 Å². The Morgan fingerprint density at radius 3 is 2.62 bits per heavy atom. The Balaban J connectivity index is 1.48. The number of aliphatic hydroxyl groups excluding tert-OH is 1. The summed E-state index contributed by atoms with van der Waals surface area (Å²) in [6, 6.07) is 5.40. The fourth-order valence-corrected chi connectivity index (χ4v) is 5.55. The van der Waals surface area contributed by atoms with Gasteiger partial charge in [-0.1, -0.05) is 11.6 Å². The molecule has 3 N–H and O–H groups in total. The zero-order chi connectivity index (χ0) is 20.6. The first-order chi connectivity index (χ1) is 13.9. The number of nitrogens with zero attached hydrogens (tertiary/aromatic N) is 2. The minimum atomic E-state index is -1.13. The summed E-state index contributed by atoms with van der Waals surface area (Å²) in [6.07, 6.45) is 4.66. The maximum absolute atomic E-state index is 13.4. The van der Waals surface area contributed by atoms with Crippen LogP contribution in [0, 0.1) is 5.41 Å². The summed E-state index contributed by atoms with van der Waals surface area (Å²) in [5.74, 6) is 0.254. The Kier molecular flexibility index (Phi) is 5.62. The number of carbonyl (C=O) groups is 2. The Hall–Kier alpha value is -1.99. The Labute approximate surface area is 175 Å². The SMILES string of the molecule is O=C(O)Nc1ccc(N2CCC[C@@]3(CCN(C4CCC(O)CC4)C3=O)C2)c(Cl)c1. The van der Waals surface area contributed by atoms with Crippen molar-refractivity contribution in [3.05, 3.63) is 23.2 Å². The minimum Gasteiger partial charge on any atom is -0.465 e. The number of carbonyl (C=O) groups excluding carboxylic acids is 1. The van der Waals surface area contributed by atoms with Gasteiger partial charge in [-0.05, 0) is 63.1 Å². The lowest BCUT2D eigenvalue weighted by molar-refractivity contribution is -0.139. The Morgan fingerprint density at radius 2 is 1.93 bits per heavy atom. The smallest absolute Gasteiger partial charge is 0.409 e. The summed E-state index contributed by atoms with van der Waals surface area (Å²) in [7, 11) is 0. The second-order valence-electron chi connectivity index (χ2n) is 8.61. The summed E-state index contributed by atoms with van der Waals surface area (Å²) in [5.41, 5.74) is 0.907. The minimum absolute atomic E-state index is 0.219. The van der Waals surface area contributed by atoms with E-state index in [1.165, 1.54) is 0 Å². The van der Waals surface area contributed by atoms with Crippen LogP contribution in [0.25, 0.3) is 0 Å². The average Bonchev–Trinajstić information content (AvgIpc) is 2.98. The number of rotatable bonds is 3. The van der Waals surface area contributed by atoms with Crippen LogP contribution < -0.4 is 10.2 Å². The van der Waals surface area contributed by atoms with Crippen LogP contribution in [-0.4, -0.2) is 58.9 Å². The summed E-state index contributed by atoms with van der Waals surface area (Å²) >= 11 is 6.45. The lowest BCUT2D eigenvalue weighted by Crippen LogP contribution is -2.50. The third kappa shape index (κ3) is 4.03. The van der Waals surface area contributed by atoms with Crippen molar-refractivity contribution in [2.75, 3.05) is 29.9 Å². The first kappa shape index (κ1) is 20.3. The van der Waals surface area contributed by atoms with Crippen LogP contribution in [0.3, 0.4) is 0 Å².